The van der Waals surface area contributed by atoms with Crippen molar-refractivity contribution in [1.82, 2.24) is 0 Å². The van der Waals surface area contributed by atoms with Crippen LogP contribution < -0.4 is 11.1 Å². The summed E-state index contributed by atoms with van der Waals surface area (Å²) >= 11 is 9.57. The third-order valence-electron chi connectivity index (χ3n) is 3.11. The van der Waals surface area contributed by atoms with Gasteiger partial charge in [0.1, 0.15) is 0 Å². The Kier molecular flexibility index (Phi) is 5.26. The van der Waals surface area contributed by atoms with Crippen molar-refractivity contribution < 1.29 is 4.79 Å². The van der Waals surface area contributed by atoms with Crippen LogP contribution in [0.15, 0.2) is 46.9 Å². The highest BCUT2D eigenvalue weighted by atomic mass is 79.9. The van der Waals surface area contributed by atoms with Crippen molar-refractivity contribution >= 4 is 39.1 Å². The molecule has 0 bridgehead atoms. The predicted molar refractivity (Wildman–Crippen MR) is 90.9 cm³/mol. The number of carbonyl (C=O) groups is 1. The van der Waals surface area contributed by atoms with E-state index in [9.17, 15) is 4.79 Å². The number of primary amides is 1. The smallest absolute Gasteiger partial charge is 0.248 e. The van der Waals surface area contributed by atoms with Crippen molar-refractivity contribution in [2.75, 3.05) is 5.32 Å². The first kappa shape index (κ1) is 15.9. The molecule has 0 saturated heterocycles. The fraction of sp³-hybridized carbons (Fsp3) is 0.188. The summed E-state index contributed by atoms with van der Waals surface area (Å²) in [5, 5.41) is 3.89. The van der Waals surface area contributed by atoms with Gasteiger partial charge >= 0.3 is 0 Å². The summed E-state index contributed by atoms with van der Waals surface area (Å²) in [7, 11) is 0. The van der Waals surface area contributed by atoms with Gasteiger partial charge in [0, 0.05) is 16.1 Å². The molecule has 1 atom stereocenters. The SMILES string of the molecule is CC(Cc1ccc(Br)cc1)Nc1cc(C(N)=O)ccc1Cl. The Hall–Kier alpha value is -1.52. The molecule has 0 aromatic heterocycles. The van der Waals surface area contributed by atoms with E-state index in [0.717, 1.165) is 16.6 Å². The van der Waals surface area contributed by atoms with Gasteiger partial charge in [0.15, 0.2) is 0 Å². The molecule has 21 heavy (non-hydrogen) atoms. The molecule has 110 valence electrons. The standard InChI is InChI=1S/C16H16BrClN2O/c1-10(8-11-2-5-13(17)6-3-11)20-15-9-12(16(19)21)4-7-14(15)18/h2-7,9-10,20H,8H2,1H3,(H2,19,21). The first-order valence-corrected chi connectivity index (χ1v) is 7.73. The Bertz CT molecular complexity index is 643. The Morgan fingerprint density at radius 2 is 1.95 bits per heavy atom. The lowest BCUT2D eigenvalue weighted by atomic mass is 10.1. The average Bonchev–Trinajstić information content (AvgIpc) is 2.43. The molecule has 2 aromatic rings. The third-order valence-corrected chi connectivity index (χ3v) is 3.97. The zero-order valence-electron chi connectivity index (χ0n) is 11.6. The van der Waals surface area contributed by atoms with Gasteiger partial charge < -0.3 is 11.1 Å². The molecule has 0 aliphatic heterocycles. The van der Waals surface area contributed by atoms with E-state index in [0.29, 0.717) is 10.6 Å². The second-order valence-corrected chi connectivity index (χ2v) is 6.26. The number of hydrogen-bond donors (Lipinski definition) is 2. The fourth-order valence-corrected chi connectivity index (χ4v) is 2.52. The van der Waals surface area contributed by atoms with E-state index in [1.807, 2.05) is 12.1 Å². The van der Waals surface area contributed by atoms with Crippen LogP contribution in [0.1, 0.15) is 22.8 Å². The number of benzene rings is 2. The number of amides is 1. The molecule has 0 aliphatic carbocycles. The van der Waals surface area contributed by atoms with Crippen LogP contribution in [0.25, 0.3) is 0 Å². The van der Waals surface area contributed by atoms with Crippen molar-refractivity contribution in [2.45, 2.75) is 19.4 Å². The molecule has 5 heteroatoms. The first-order chi connectivity index (χ1) is 9.95. The number of rotatable bonds is 5. The second-order valence-electron chi connectivity index (χ2n) is 4.93. The normalized spacial score (nSPS) is 12.0. The zero-order valence-corrected chi connectivity index (χ0v) is 13.9. The summed E-state index contributed by atoms with van der Waals surface area (Å²) in [4.78, 5) is 11.2. The highest BCUT2D eigenvalue weighted by Gasteiger charge is 2.09. The molecular formula is C16H16BrClN2O. The predicted octanol–water partition coefficient (Wildman–Crippen LogP) is 4.24. The average molecular weight is 368 g/mol. The van der Waals surface area contributed by atoms with E-state index in [1.54, 1.807) is 18.2 Å². The molecule has 2 rings (SSSR count). The van der Waals surface area contributed by atoms with Crippen LogP contribution in [0.2, 0.25) is 5.02 Å². The molecule has 0 aliphatic rings. The van der Waals surface area contributed by atoms with E-state index in [1.165, 1.54) is 5.56 Å². The highest BCUT2D eigenvalue weighted by molar-refractivity contribution is 9.10. The maximum atomic E-state index is 11.2. The Morgan fingerprint density at radius 1 is 1.29 bits per heavy atom. The number of halogens is 2. The molecule has 0 spiro atoms. The van der Waals surface area contributed by atoms with Crippen molar-refractivity contribution in [2.24, 2.45) is 5.73 Å². The van der Waals surface area contributed by atoms with E-state index >= 15 is 0 Å². The largest absolute Gasteiger partial charge is 0.381 e. The molecular weight excluding hydrogens is 352 g/mol. The number of carbonyl (C=O) groups excluding carboxylic acids is 1. The summed E-state index contributed by atoms with van der Waals surface area (Å²) in [5.41, 5.74) is 7.67. The Labute approximate surface area is 137 Å². The van der Waals surface area contributed by atoms with Crippen LogP contribution in [0.3, 0.4) is 0 Å². The molecule has 2 aromatic carbocycles. The maximum absolute atomic E-state index is 11.2. The van der Waals surface area contributed by atoms with Crippen LogP contribution in [0.5, 0.6) is 0 Å². The summed E-state index contributed by atoms with van der Waals surface area (Å²) < 4.78 is 1.06. The summed E-state index contributed by atoms with van der Waals surface area (Å²) in [5.74, 6) is -0.463. The van der Waals surface area contributed by atoms with Crippen molar-refractivity contribution in [3.63, 3.8) is 0 Å². The Balaban J connectivity index is 2.08. The third kappa shape index (κ3) is 4.48. The summed E-state index contributed by atoms with van der Waals surface area (Å²) in [6, 6.07) is 13.3. The fourth-order valence-electron chi connectivity index (χ4n) is 2.08. The number of hydrogen-bond acceptors (Lipinski definition) is 2. The minimum Gasteiger partial charge on any atom is -0.381 e. The van der Waals surface area contributed by atoms with Gasteiger partial charge in [-0.1, -0.05) is 39.7 Å². The van der Waals surface area contributed by atoms with Gasteiger partial charge in [0.05, 0.1) is 10.7 Å². The van der Waals surface area contributed by atoms with E-state index < -0.39 is 5.91 Å². The van der Waals surface area contributed by atoms with Gasteiger partial charge in [0.25, 0.3) is 0 Å². The van der Waals surface area contributed by atoms with Gasteiger partial charge in [-0.2, -0.15) is 0 Å². The van der Waals surface area contributed by atoms with Crippen molar-refractivity contribution in [3.8, 4) is 0 Å². The van der Waals surface area contributed by atoms with Gasteiger partial charge in [-0.15, -0.1) is 0 Å². The molecule has 1 amide bonds. The monoisotopic (exact) mass is 366 g/mol. The number of anilines is 1. The van der Waals surface area contributed by atoms with E-state index in [4.69, 9.17) is 17.3 Å². The lowest BCUT2D eigenvalue weighted by Gasteiger charge is -2.17. The minimum absolute atomic E-state index is 0.173. The lowest BCUT2D eigenvalue weighted by Crippen LogP contribution is -2.19. The van der Waals surface area contributed by atoms with Crippen LogP contribution in [0, 0.1) is 0 Å². The van der Waals surface area contributed by atoms with Crippen LogP contribution in [-0.2, 0) is 6.42 Å². The van der Waals surface area contributed by atoms with Crippen molar-refractivity contribution in [1.29, 1.82) is 0 Å². The van der Waals surface area contributed by atoms with Crippen LogP contribution in [-0.4, -0.2) is 11.9 Å². The molecule has 0 heterocycles. The van der Waals surface area contributed by atoms with Gasteiger partial charge in [-0.3, -0.25) is 4.79 Å². The summed E-state index contributed by atoms with van der Waals surface area (Å²) in [6.45, 7) is 2.06. The first-order valence-electron chi connectivity index (χ1n) is 6.56. The number of nitrogens with one attached hydrogen (secondary N) is 1. The molecule has 0 saturated carbocycles. The zero-order chi connectivity index (χ0) is 15.4. The minimum atomic E-state index is -0.463. The molecule has 3 N–H and O–H groups in total. The highest BCUT2D eigenvalue weighted by Crippen LogP contribution is 2.24. The number of nitrogens with two attached hydrogens (primary N) is 1. The molecule has 3 nitrogen and oxygen atoms in total. The second kappa shape index (κ2) is 6.96. The molecule has 1 unspecified atom stereocenters. The maximum Gasteiger partial charge on any atom is 0.248 e. The summed E-state index contributed by atoms with van der Waals surface area (Å²) in [6.07, 6.45) is 0.852. The van der Waals surface area contributed by atoms with E-state index in [2.05, 4.69) is 40.3 Å². The molecule has 0 radical (unpaired) electrons. The van der Waals surface area contributed by atoms with Gasteiger partial charge in [-0.25, -0.2) is 0 Å². The van der Waals surface area contributed by atoms with Gasteiger partial charge in [0.2, 0.25) is 5.91 Å². The topological polar surface area (TPSA) is 55.1 Å². The van der Waals surface area contributed by atoms with E-state index in [-0.39, 0.29) is 6.04 Å². The quantitative estimate of drug-likeness (QED) is 0.830. The Morgan fingerprint density at radius 3 is 2.57 bits per heavy atom. The molecule has 0 fully saturated rings. The van der Waals surface area contributed by atoms with Crippen molar-refractivity contribution in [3.05, 3.63) is 63.1 Å². The lowest BCUT2D eigenvalue weighted by molar-refractivity contribution is 0.100. The van der Waals surface area contributed by atoms with Gasteiger partial charge in [-0.05, 0) is 49.2 Å². The van der Waals surface area contributed by atoms with Crippen LogP contribution in [0.4, 0.5) is 5.69 Å². The van der Waals surface area contributed by atoms with Crippen LogP contribution >= 0.6 is 27.5 Å².